The Morgan fingerprint density at radius 3 is 2.53 bits per heavy atom. The number of nitrogens with one attached hydrogen (secondary N) is 2. The zero-order chi connectivity index (χ0) is 12.8. The minimum absolute atomic E-state index is 0.0286. The van der Waals surface area contributed by atoms with Crippen LogP contribution in [0.15, 0.2) is 29.2 Å². The molecule has 92 valence electrons. The normalized spacial score (nSPS) is 10.1. The first kappa shape index (κ1) is 13.6. The number of hydrogen-bond acceptors (Lipinski definition) is 3. The van der Waals surface area contributed by atoms with Crippen LogP contribution in [0, 0.1) is 0 Å². The summed E-state index contributed by atoms with van der Waals surface area (Å²) in [5.74, 6) is -0.500. The molecule has 1 aromatic rings. The molecule has 0 atom stereocenters. The van der Waals surface area contributed by atoms with E-state index in [0.29, 0.717) is 10.5 Å². The van der Waals surface area contributed by atoms with E-state index in [2.05, 4.69) is 23.3 Å². The van der Waals surface area contributed by atoms with Gasteiger partial charge < -0.3 is 10.6 Å². The third kappa shape index (κ3) is 4.48. The van der Waals surface area contributed by atoms with Crippen molar-refractivity contribution in [1.82, 2.24) is 10.6 Å². The van der Waals surface area contributed by atoms with Gasteiger partial charge in [-0.25, -0.2) is 0 Å². The Morgan fingerprint density at radius 1 is 1.29 bits per heavy atom. The molecular formula is C12H16N2O2S. The quantitative estimate of drug-likeness (QED) is 0.706. The average molecular weight is 252 g/mol. The maximum absolute atomic E-state index is 11.7. The van der Waals surface area contributed by atoms with Gasteiger partial charge in [0.1, 0.15) is 0 Å². The van der Waals surface area contributed by atoms with Crippen molar-refractivity contribution >= 4 is 24.4 Å². The highest BCUT2D eigenvalue weighted by Gasteiger charge is 2.10. The van der Waals surface area contributed by atoms with E-state index in [1.807, 2.05) is 13.8 Å². The van der Waals surface area contributed by atoms with E-state index in [0.717, 1.165) is 0 Å². The lowest BCUT2D eigenvalue weighted by molar-refractivity contribution is -0.120. The minimum Gasteiger partial charge on any atom is -0.352 e. The van der Waals surface area contributed by atoms with Gasteiger partial charge >= 0.3 is 0 Å². The molecule has 2 N–H and O–H groups in total. The van der Waals surface area contributed by atoms with E-state index in [4.69, 9.17) is 0 Å². The maximum atomic E-state index is 11.7. The van der Waals surface area contributed by atoms with Crippen molar-refractivity contribution in [3.05, 3.63) is 29.8 Å². The van der Waals surface area contributed by atoms with Gasteiger partial charge in [-0.2, -0.15) is 0 Å². The summed E-state index contributed by atoms with van der Waals surface area (Å²) in [6.45, 7) is 3.70. The molecule has 0 fully saturated rings. The van der Waals surface area contributed by atoms with E-state index in [1.54, 1.807) is 24.3 Å². The SMILES string of the molecule is CC(C)NC(=O)CNC(=O)c1ccccc1S. The molecule has 0 spiro atoms. The molecule has 1 rings (SSSR count). The second-order valence-corrected chi connectivity index (χ2v) is 4.40. The maximum Gasteiger partial charge on any atom is 0.252 e. The predicted molar refractivity (Wildman–Crippen MR) is 69.3 cm³/mol. The second-order valence-electron chi connectivity index (χ2n) is 3.92. The summed E-state index contributed by atoms with van der Waals surface area (Å²) in [4.78, 5) is 23.6. The van der Waals surface area contributed by atoms with Gasteiger partial charge in [0.05, 0.1) is 12.1 Å². The molecule has 0 aliphatic rings. The summed E-state index contributed by atoms with van der Waals surface area (Å²) in [6, 6.07) is 7.01. The highest BCUT2D eigenvalue weighted by molar-refractivity contribution is 7.80. The van der Waals surface area contributed by atoms with Gasteiger partial charge in [-0.1, -0.05) is 12.1 Å². The van der Waals surface area contributed by atoms with Crippen LogP contribution >= 0.6 is 12.6 Å². The lowest BCUT2D eigenvalue weighted by Crippen LogP contribution is -2.39. The van der Waals surface area contributed by atoms with Crippen LogP contribution in [0.4, 0.5) is 0 Å². The smallest absolute Gasteiger partial charge is 0.252 e. The molecule has 0 aliphatic heterocycles. The molecule has 0 radical (unpaired) electrons. The molecule has 0 aromatic heterocycles. The van der Waals surface area contributed by atoms with Crippen molar-refractivity contribution in [2.75, 3.05) is 6.54 Å². The topological polar surface area (TPSA) is 58.2 Å². The van der Waals surface area contributed by atoms with Crippen LogP contribution in [-0.4, -0.2) is 24.4 Å². The molecule has 4 nitrogen and oxygen atoms in total. The van der Waals surface area contributed by atoms with E-state index in [9.17, 15) is 9.59 Å². The highest BCUT2D eigenvalue weighted by atomic mass is 32.1. The Morgan fingerprint density at radius 2 is 1.94 bits per heavy atom. The van der Waals surface area contributed by atoms with Gasteiger partial charge in [0, 0.05) is 10.9 Å². The molecule has 0 unspecified atom stereocenters. The van der Waals surface area contributed by atoms with Crippen LogP contribution in [0.1, 0.15) is 24.2 Å². The van der Waals surface area contributed by atoms with E-state index in [-0.39, 0.29) is 24.4 Å². The van der Waals surface area contributed by atoms with Crippen LogP contribution in [0.25, 0.3) is 0 Å². The van der Waals surface area contributed by atoms with E-state index >= 15 is 0 Å². The number of hydrogen-bond donors (Lipinski definition) is 3. The molecule has 1 aromatic carbocycles. The van der Waals surface area contributed by atoms with E-state index in [1.165, 1.54) is 0 Å². The highest BCUT2D eigenvalue weighted by Crippen LogP contribution is 2.12. The largest absolute Gasteiger partial charge is 0.352 e. The van der Waals surface area contributed by atoms with Crippen LogP contribution in [0.2, 0.25) is 0 Å². The summed E-state index contributed by atoms with van der Waals surface area (Å²) in [5.41, 5.74) is 0.466. The molecule has 0 saturated carbocycles. The first-order chi connectivity index (χ1) is 8.00. The number of thiol groups is 1. The first-order valence-corrected chi connectivity index (χ1v) is 5.81. The van der Waals surface area contributed by atoms with Gasteiger partial charge in [0.2, 0.25) is 5.91 Å². The molecule has 2 amide bonds. The molecule has 0 bridgehead atoms. The Bertz CT molecular complexity index is 419. The summed E-state index contributed by atoms with van der Waals surface area (Å²) in [7, 11) is 0. The first-order valence-electron chi connectivity index (χ1n) is 5.36. The summed E-state index contributed by atoms with van der Waals surface area (Å²) >= 11 is 4.18. The van der Waals surface area contributed by atoms with Crippen molar-refractivity contribution in [2.45, 2.75) is 24.8 Å². The van der Waals surface area contributed by atoms with Gasteiger partial charge in [0.15, 0.2) is 0 Å². The predicted octanol–water partition coefficient (Wildman–Crippen LogP) is 1.23. The number of benzene rings is 1. The van der Waals surface area contributed by atoms with Crippen molar-refractivity contribution in [3.63, 3.8) is 0 Å². The zero-order valence-electron chi connectivity index (χ0n) is 9.86. The molecule has 17 heavy (non-hydrogen) atoms. The zero-order valence-corrected chi connectivity index (χ0v) is 10.8. The Labute approximate surface area is 106 Å². The second kappa shape index (κ2) is 6.30. The van der Waals surface area contributed by atoms with Gasteiger partial charge in [0.25, 0.3) is 5.91 Å². The molecule has 0 saturated heterocycles. The fraction of sp³-hybridized carbons (Fsp3) is 0.333. The Hall–Kier alpha value is -1.49. The lowest BCUT2D eigenvalue weighted by Gasteiger charge is -2.09. The van der Waals surface area contributed by atoms with Crippen LogP contribution < -0.4 is 10.6 Å². The van der Waals surface area contributed by atoms with Crippen molar-refractivity contribution in [3.8, 4) is 0 Å². The van der Waals surface area contributed by atoms with Crippen LogP contribution in [0.3, 0.4) is 0 Å². The van der Waals surface area contributed by atoms with Gasteiger partial charge in [-0.3, -0.25) is 9.59 Å². The standard InChI is InChI=1S/C12H16N2O2S/c1-8(2)14-11(15)7-13-12(16)9-5-3-4-6-10(9)17/h3-6,8,17H,7H2,1-2H3,(H,13,16)(H,14,15). The van der Waals surface area contributed by atoms with Crippen molar-refractivity contribution < 1.29 is 9.59 Å². The van der Waals surface area contributed by atoms with E-state index < -0.39 is 0 Å². The summed E-state index contributed by atoms with van der Waals surface area (Å²) < 4.78 is 0. The summed E-state index contributed by atoms with van der Waals surface area (Å²) in [6.07, 6.45) is 0. The van der Waals surface area contributed by atoms with Crippen molar-refractivity contribution in [2.24, 2.45) is 0 Å². The number of carbonyl (C=O) groups is 2. The Kier molecular flexibility index (Phi) is 5.03. The van der Waals surface area contributed by atoms with Crippen LogP contribution in [0.5, 0.6) is 0 Å². The monoisotopic (exact) mass is 252 g/mol. The molecular weight excluding hydrogens is 236 g/mol. The lowest BCUT2D eigenvalue weighted by atomic mass is 10.2. The van der Waals surface area contributed by atoms with Crippen LogP contribution in [-0.2, 0) is 4.79 Å². The third-order valence-corrected chi connectivity index (χ3v) is 2.40. The number of amides is 2. The third-order valence-electron chi connectivity index (χ3n) is 2.01. The summed E-state index contributed by atoms with van der Waals surface area (Å²) in [5, 5.41) is 5.24. The molecule has 5 heteroatoms. The number of carbonyl (C=O) groups excluding carboxylic acids is 2. The minimum atomic E-state index is -0.297. The van der Waals surface area contributed by atoms with Crippen molar-refractivity contribution in [1.29, 1.82) is 0 Å². The number of rotatable bonds is 4. The van der Waals surface area contributed by atoms with Gasteiger partial charge in [-0.05, 0) is 26.0 Å². The fourth-order valence-electron chi connectivity index (χ4n) is 1.29. The molecule has 0 aliphatic carbocycles. The average Bonchev–Trinajstić information content (AvgIpc) is 2.25. The Balaban J connectivity index is 2.51. The molecule has 0 heterocycles. The fourth-order valence-corrected chi connectivity index (χ4v) is 1.56. The van der Waals surface area contributed by atoms with Gasteiger partial charge in [-0.15, -0.1) is 12.6 Å².